The first-order valence-corrected chi connectivity index (χ1v) is 9.43. The van der Waals surface area contributed by atoms with E-state index in [4.69, 9.17) is 33.7 Å². The van der Waals surface area contributed by atoms with E-state index in [1.54, 1.807) is 18.4 Å². The van der Waals surface area contributed by atoms with Crippen molar-refractivity contribution in [1.29, 1.82) is 0 Å². The van der Waals surface area contributed by atoms with Gasteiger partial charge in [-0.05, 0) is 24.4 Å². The lowest BCUT2D eigenvalue weighted by molar-refractivity contribution is -0.137. The van der Waals surface area contributed by atoms with Crippen molar-refractivity contribution in [3.8, 4) is 16.3 Å². The Morgan fingerprint density at radius 2 is 2.07 bits per heavy atom. The monoisotopic (exact) mass is 449 g/mol. The van der Waals surface area contributed by atoms with E-state index in [1.807, 2.05) is 0 Å². The zero-order valence-corrected chi connectivity index (χ0v) is 16.5. The Morgan fingerprint density at radius 3 is 2.61 bits per heavy atom. The van der Waals surface area contributed by atoms with E-state index in [0.717, 1.165) is 6.07 Å². The highest BCUT2D eigenvalue weighted by Crippen LogP contribution is 2.40. The third-order valence-corrected chi connectivity index (χ3v) is 5.41. The van der Waals surface area contributed by atoms with Gasteiger partial charge in [-0.2, -0.15) is 13.2 Å². The van der Waals surface area contributed by atoms with Gasteiger partial charge in [-0.1, -0.05) is 23.2 Å². The van der Waals surface area contributed by atoms with Crippen molar-refractivity contribution < 1.29 is 22.7 Å². The van der Waals surface area contributed by atoms with Gasteiger partial charge in [0, 0.05) is 18.0 Å². The first-order chi connectivity index (χ1) is 13.1. The number of nitrogens with two attached hydrogens (primary N) is 1. The van der Waals surface area contributed by atoms with E-state index < -0.39 is 17.7 Å². The zero-order chi connectivity index (χ0) is 20.6. The van der Waals surface area contributed by atoms with E-state index >= 15 is 0 Å². The molecule has 0 fully saturated rings. The van der Waals surface area contributed by atoms with Gasteiger partial charge in [0.25, 0.3) is 0 Å². The van der Waals surface area contributed by atoms with Crippen LogP contribution in [0.15, 0.2) is 29.9 Å². The topological polar surface area (TPSA) is 70.1 Å². The van der Waals surface area contributed by atoms with E-state index in [2.05, 4.69) is 4.98 Å². The highest BCUT2D eigenvalue weighted by molar-refractivity contribution is 7.14. The fourth-order valence-corrected chi connectivity index (χ4v) is 3.97. The lowest BCUT2D eigenvalue weighted by atomic mass is 10.1. The van der Waals surface area contributed by atoms with Crippen LogP contribution in [0.1, 0.15) is 22.8 Å². The molecule has 3 heterocycles. The van der Waals surface area contributed by atoms with Crippen molar-refractivity contribution in [1.82, 2.24) is 9.55 Å². The standard InChI is InChI=1S/C17H12Cl2F3N3O2S/c1-2-27-16(26)12-9(13-10(18)3-4-28-13)7-25(14(12)23)15-11(19)5-8(6-24-15)17(20,21)22/h3-7H,2,23H2,1H3. The number of nitrogens with zero attached hydrogens (tertiary/aromatic N) is 2. The number of pyridine rings is 1. The van der Waals surface area contributed by atoms with Crippen LogP contribution in [0.4, 0.5) is 19.0 Å². The molecule has 0 amide bonds. The second-order valence-corrected chi connectivity index (χ2v) is 7.25. The molecule has 0 saturated heterocycles. The Balaban J connectivity index is 2.21. The van der Waals surface area contributed by atoms with Gasteiger partial charge in [-0.3, -0.25) is 4.57 Å². The molecule has 0 bridgehead atoms. The molecule has 3 rings (SSSR count). The third kappa shape index (κ3) is 3.69. The molecule has 148 valence electrons. The maximum atomic E-state index is 12.9. The Bertz CT molecular complexity index is 1050. The van der Waals surface area contributed by atoms with Crippen LogP contribution >= 0.6 is 34.5 Å². The van der Waals surface area contributed by atoms with E-state index in [0.29, 0.717) is 21.7 Å². The van der Waals surface area contributed by atoms with Crippen molar-refractivity contribution >= 4 is 46.3 Å². The summed E-state index contributed by atoms with van der Waals surface area (Å²) < 4.78 is 44.9. The van der Waals surface area contributed by atoms with Gasteiger partial charge < -0.3 is 10.5 Å². The van der Waals surface area contributed by atoms with Gasteiger partial charge in [0.05, 0.1) is 27.1 Å². The van der Waals surface area contributed by atoms with Crippen molar-refractivity contribution in [2.24, 2.45) is 0 Å². The molecule has 0 radical (unpaired) electrons. The Kier molecular flexibility index (Phi) is 5.60. The number of aromatic nitrogens is 2. The summed E-state index contributed by atoms with van der Waals surface area (Å²) in [5.74, 6) is -0.829. The molecule has 0 unspecified atom stereocenters. The van der Waals surface area contributed by atoms with Crippen molar-refractivity contribution in [2.45, 2.75) is 13.1 Å². The number of alkyl halides is 3. The fraction of sp³-hybridized carbons (Fsp3) is 0.176. The lowest BCUT2D eigenvalue weighted by Gasteiger charge is -2.11. The largest absolute Gasteiger partial charge is 0.462 e. The number of thiophene rings is 1. The number of carbonyl (C=O) groups is 1. The summed E-state index contributed by atoms with van der Waals surface area (Å²) in [6.07, 6.45) is -2.51. The average molecular weight is 450 g/mol. The minimum atomic E-state index is -4.59. The number of ether oxygens (including phenoxy) is 1. The molecule has 0 saturated carbocycles. The molecule has 0 aliphatic carbocycles. The van der Waals surface area contributed by atoms with Crippen molar-refractivity contribution in [2.75, 3.05) is 12.3 Å². The van der Waals surface area contributed by atoms with Crippen LogP contribution in [0.5, 0.6) is 0 Å². The molecule has 0 spiro atoms. The van der Waals surface area contributed by atoms with Crippen LogP contribution in [-0.2, 0) is 10.9 Å². The summed E-state index contributed by atoms with van der Waals surface area (Å²) in [4.78, 5) is 16.8. The number of hydrogen-bond acceptors (Lipinski definition) is 5. The summed E-state index contributed by atoms with van der Waals surface area (Å²) in [6, 6.07) is 2.39. The number of rotatable bonds is 4. The smallest absolute Gasteiger partial charge is 0.417 e. The van der Waals surface area contributed by atoms with Gasteiger partial charge in [0.15, 0.2) is 5.82 Å². The van der Waals surface area contributed by atoms with Crippen molar-refractivity contribution in [3.05, 3.63) is 51.1 Å². The van der Waals surface area contributed by atoms with E-state index in [9.17, 15) is 18.0 Å². The first-order valence-electron chi connectivity index (χ1n) is 7.79. The summed E-state index contributed by atoms with van der Waals surface area (Å²) >= 11 is 13.5. The Morgan fingerprint density at radius 1 is 1.36 bits per heavy atom. The number of carbonyl (C=O) groups excluding carboxylic acids is 1. The molecule has 3 aromatic heterocycles. The third-order valence-electron chi connectivity index (χ3n) is 3.76. The fourth-order valence-electron chi connectivity index (χ4n) is 2.54. The number of anilines is 1. The predicted octanol–water partition coefficient (Wildman–Crippen LogP) is 5.69. The molecule has 28 heavy (non-hydrogen) atoms. The Labute approximate surface area is 171 Å². The first kappa shape index (κ1) is 20.5. The highest BCUT2D eigenvalue weighted by Gasteiger charge is 2.32. The molecule has 2 N–H and O–H groups in total. The van der Waals surface area contributed by atoms with Crippen LogP contribution in [0, 0.1) is 0 Å². The number of halogens is 5. The van der Waals surface area contributed by atoms with Crippen molar-refractivity contribution in [3.63, 3.8) is 0 Å². The summed E-state index contributed by atoms with van der Waals surface area (Å²) in [5.41, 5.74) is 5.52. The molecule has 0 aliphatic rings. The molecular formula is C17H12Cl2F3N3O2S. The highest BCUT2D eigenvalue weighted by atomic mass is 35.5. The van der Waals surface area contributed by atoms with Gasteiger partial charge in [-0.25, -0.2) is 9.78 Å². The van der Waals surface area contributed by atoms with Crippen LogP contribution in [0.25, 0.3) is 16.3 Å². The number of esters is 1. The van der Waals surface area contributed by atoms with Crippen LogP contribution in [0.2, 0.25) is 10.0 Å². The molecule has 3 aromatic rings. The number of hydrogen-bond donors (Lipinski definition) is 1. The molecule has 0 aliphatic heterocycles. The molecule has 0 aromatic carbocycles. The Hall–Kier alpha value is -2.23. The van der Waals surface area contributed by atoms with Crippen LogP contribution in [-0.4, -0.2) is 22.1 Å². The van der Waals surface area contributed by atoms with Gasteiger partial charge in [0.2, 0.25) is 0 Å². The van der Waals surface area contributed by atoms with E-state index in [1.165, 1.54) is 22.1 Å². The van der Waals surface area contributed by atoms with Gasteiger partial charge >= 0.3 is 12.1 Å². The quantitative estimate of drug-likeness (QED) is 0.519. The minimum absolute atomic E-state index is 0.0314. The number of nitrogen functional groups attached to an aromatic ring is 1. The normalized spacial score (nSPS) is 11.6. The predicted molar refractivity (Wildman–Crippen MR) is 102 cm³/mol. The maximum Gasteiger partial charge on any atom is 0.417 e. The van der Waals surface area contributed by atoms with Gasteiger partial charge in [0.1, 0.15) is 11.4 Å². The molecule has 0 atom stereocenters. The second kappa shape index (κ2) is 7.65. The maximum absolute atomic E-state index is 12.9. The lowest BCUT2D eigenvalue weighted by Crippen LogP contribution is -2.11. The summed E-state index contributed by atoms with van der Waals surface area (Å²) in [7, 11) is 0. The zero-order valence-electron chi connectivity index (χ0n) is 14.2. The summed E-state index contributed by atoms with van der Waals surface area (Å²) in [6.45, 7) is 1.75. The molecule has 5 nitrogen and oxygen atoms in total. The van der Waals surface area contributed by atoms with Crippen LogP contribution in [0.3, 0.4) is 0 Å². The minimum Gasteiger partial charge on any atom is -0.462 e. The molecule has 11 heteroatoms. The van der Waals surface area contributed by atoms with Gasteiger partial charge in [-0.15, -0.1) is 11.3 Å². The van der Waals surface area contributed by atoms with Crippen LogP contribution < -0.4 is 5.73 Å². The SMILES string of the molecule is CCOC(=O)c1c(-c2sccc2Cl)cn(-c2ncc(C(F)(F)F)cc2Cl)c1N. The molecular weight excluding hydrogens is 438 g/mol. The second-order valence-electron chi connectivity index (χ2n) is 5.52. The average Bonchev–Trinajstić information content (AvgIpc) is 3.17. The van der Waals surface area contributed by atoms with E-state index in [-0.39, 0.29) is 28.8 Å². The summed E-state index contributed by atoms with van der Waals surface area (Å²) in [5, 5.41) is 1.83.